The van der Waals surface area contributed by atoms with Crippen molar-refractivity contribution in [1.29, 1.82) is 0 Å². The summed E-state index contributed by atoms with van der Waals surface area (Å²) in [7, 11) is 0. The highest BCUT2D eigenvalue weighted by Crippen LogP contribution is 2.18. The van der Waals surface area contributed by atoms with Gasteiger partial charge in [-0.15, -0.1) is 0 Å². The highest BCUT2D eigenvalue weighted by Gasteiger charge is 2.13. The molecule has 20 heavy (non-hydrogen) atoms. The van der Waals surface area contributed by atoms with Crippen LogP contribution in [0.2, 0.25) is 0 Å². The SMILES string of the molecule is OCCC(NCC(O)c1ccccc1)c1ccccc1. The van der Waals surface area contributed by atoms with Crippen LogP contribution in [0.3, 0.4) is 0 Å². The van der Waals surface area contributed by atoms with E-state index < -0.39 is 6.10 Å². The first-order valence-corrected chi connectivity index (χ1v) is 6.93. The van der Waals surface area contributed by atoms with Crippen LogP contribution in [-0.2, 0) is 0 Å². The van der Waals surface area contributed by atoms with E-state index >= 15 is 0 Å². The lowest BCUT2D eigenvalue weighted by Crippen LogP contribution is -2.27. The third kappa shape index (κ3) is 4.17. The van der Waals surface area contributed by atoms with Gasteiger partial charge < -0.3 is 15.5 Å². The fourth-order valence-corrected chi connectivity index (χ4v) is 2.25. The second-order valence-electron chi connectivity index (χ2n) is 4.81. The van der Waals surface area contributed by atoms with E-state index in [1.165, 1.54) is 0 Å². The molecule has 0 bridgehead atoms. The molecule has 0 aromatic heterocycles. The van der Waals surface area contributed by atoms with Gasteiger partial charge in [-0.3, -0.25) is 0 Å². The first-order chi connectivity index (χ1) is 9.81. The van der Waals surface area contributed by atoms with E-state index in [0.29, 0.717) is 13.0 Å². The smallest absolute Gasteiger partial charge is 0.0914 e. The molecule has 0 heterocycles. The molecule has 0 amide bonds. The van der Waals surface area contributed by atoms with Crippen molar-refractivity contribution in [3.63, 3.8) is 0 Å². The Morgan fingerprint density at radius 1 is 0.850 bits per heavy atom. The van der Waals surface area contributed by atoms with Gasteiger partial charge in [0.25, 0.3) is 0 Å². The zero-order chi connectivity index (χ0) is 14.2. The average molecular weight is 271 g/mol. The standard InChI is InChI=1S/C17H21NO2/c19-12-11-16(14-7-3-1-4-8-14)18-13-17(20)15-9-5-2-6-10-15/h1-10,16-20H,11-13H2. The molecule has 106 valence electrons. The van der Waals surface area contributed by atoms with E-state index in [9.17, 15) is 10.2 Å². The lowest BCUT2D eigenvalue weighted by molar-refractivity contribution is 0.165. The van der Waals surface area contributed by atoms with E-state index in [2.05, 4.69) is 5.32 Å². The van der Waals surface area contributed by atoms with Gasteiger partial charge in [0.2, 0.25) is 0 Å². The highest BCUT2D eigenvalue weighted by molar-refractivity contribution is 5.20. The summed E-state index contributed by atoms with van der Waals surface area (Å²) in [6.07, 6.45) is 0.0898. The highest BCUT2D eigenvalue weighted by atomic mass is 16.3. The minimum Gasteiger partial charge on any atom is -0.396 e. The van der Waals surface area contributed by atoms with E-state index in [-0.39, 0.29) is 12.6 Å². The number of hydrogen-bond donors (Lipinski definition) is 3. The summed E-state index contributed by atoms with van der Waals surface area (Å²) in [6, 6.07) is 19.6. The third-order valence-corrected chi connectivity index (χ3v) is 3.36. The maximum Gasteiger partial charge on any atom is 0.0914 e. The molecule has 0 aliphatic heterocycles. The molecule has 2 aromatic carbocycles. The van der Waals surface area contributed by atoms with Crippen LogP contribution >= 0.6 is 0 Å². The molecule has 3 heteroatoms. The maximum atomic E-state index is 10.2. The van der Waals surface area contributed by atoms with Crippen molar-refractivity contribution in [3.05, 3.63) is 71.8 Å². The molecule has 0 saturated heterocycles. The number of rotatable bonds is 7. The van der Waals surface area contributed by atoms with Gasteiger partial charge in [0.1, 0.15) is 0 Å². The molecule has 2 aromatic rings. The van der Waals surface area contributed by atoms with E-state index in [0.717, 1.165) is 11.1 Å². The number of aliphatic hydroxyl groups excluding tert-OH is 2. The Hall–Kier alpha value is -1.68. The molecule has 0 fully saturated rings. The molecular weight excluding hydrogens is 250 g/mol. The lowest BCUT2D eigenvalue weighted by Gasteiger charge is -2.20. The van der Waals surface area contributed by atoms with Crippen molar-refractivity contribution in [2.75, 3.05) is 13.2 Å². The molecule has 0 saturated carbocycles. The summed E-state index contributed by atoms with van der Waals surface area (Å²) < 4.78 is 0. The van der Waals surface area contributed by atoms with E-state index in [1.807, 2.05) is 60.7 Å². The van der Waals surface area contributed by atoms with Crippen molar-refractivity contribution >= 4 is 0 Å². The lowest BCUT2D eigenvalue weighted by atomic mass is 10.0. The monoisotopic (exact) mass is 271 g/mol. The summed E-state index contributed by atoms with van der Waals surface area (Å²) in [6.45, 7) is 0.581. The van der Waals surface area contributed by atoms with Crippen LogP contribution < -0.4 is 5.32 Å². The fraction of sp³-hybridized carbons (Fsp3) is 0.294. The Balaban J connectivity index is 1.96. The minimum absolute atomic E-state index is 0.0552. The van der Waals surface area contributed by atoms with Gasteiger partial charge in [-0.1, -0.05) is 60.7 Å². The zero-order valence-electron chi connectivity index (χ0n) is 11.4. The second kappa shape index (κ2) is 7.80. The minimum atomic E-state index is -0.541. The fourth-order valence-electron chi connectivity index (χ4n) is 2.25. The largest absolute Gasteiger partial charge is 0.396 e. The van der Waals surface area contributed by atoms with Crippen LogP contribution in [0.15, 0.2) is 60.7 Å². The molecular formula is C17H21NO2. The quantitative estimate of drug-likeness (QED) is 0.725. The van der Waals surface area contributed by atoms with Gasteiger partial charge in [-0.05, 0) is 17.5 Å². The molecule has 0 radical (unpaired) electrons. The first-order valence-electron chi connectivity index (χ1n) is 6.93. The molecule has 3 N–H and O–H groups in total. The number of hydrogen-bond acceptors (Lipinski definition) is 3. The van der Waals surface area contributed by atoms with Crippen molar-refractivity contribution in [3.8, 4) is 0 Å². The van der Waals surface area contributed by atoms with Crippen molar-refractivity contribution in [2.45, 2.75) is 18.6 Å². The van der Waals surface area contributed by atoms with Gasteiger partial charge in [0.15, 0.2) is 0 Å². The molecule has 2 atom stereocenters. The van der Waals surface area contributed by atoms with Crippen LogP contribution in [0.1, 0.15) is 29.7 Å². The zero-order valence-corrected chi connectivity index (χ0v) is 11.4. The number of nitrogens with one attached hydrogen (secondary N) is 1. The summed E-state index contributed by atoms with van der Waals surface area (Å²) in [5, 5.41) is 22.7. The van der Waals surface area contributed by atoms with Crippen molar-refractivity contribution < 1.29 is 10.2 Å². The second-order valence-corrected chi connectivity index (χ2v) is 4.81. The van der Waals surface area contributed by atoms with Gasteiger partial charge in [-0.25, -0.2) is 0 Å². The predicted octanol–water partition coefficient (Wildman–Crippen LogP) is 2.43. The third-order valence-electron chi connectivity index (χ3n) is 3.36. The molecule has 0 aliphatic rings. The van der Waals surface area contributed by atoms with Crippen molar-refractivity contribution in [1.82, 2.24) is 5.32 Å². The predicted molar refractivity (Wildman–Crippen MR) is 80.3 cm³/mol. The summed E-state index contributed by atoms with van der Waals surface area (Å²) >= 11 is 0. The van der Waals surface area contributed by atoms with Gasteiger partial charge in [0, 0.05) is 19.2 Å². The normalized spacial score (nSPS) is 13.9. The maximum absolute atomic E-state index is 10.2. The molecule has 0 spiro atoms. The van der Waals surface area contributed by atoms with Crippen LogP contribution in [-0.4, -0.2) is 23.4 Å². The molecule has 0 aliphatic carbocycles. The van der Waals surface area contributed by atoms with Crippen molar-refractivity contribution in [2.24, 2.45) is 0 Å². The van der Waals surface area contributed by atoms with E-state index in [4.69, 9.17) is 0 Å². The first kappa shape index (κ1) is 14.7. The molecule has 2 unspecified atom stereocenters. The molecule has 2 rings (SSSR count). The number of aliphatic hydroxyl groups is 2. The Morgan fingerprint density at radius 2 is 1.40 bits per heavy atom. The Labute approximate surface area is 119 Å². The number of benzene rings is 2. The van der Waals surface area contributed by atoms with Crippen LogP contribution in [0.25, 0.3) is 0 Å². The summed E-state index contributed by atoms with van der Waals surface area (Å²) in [4.78, 5) is 0. The van der Waals surface area contributed by atoms with Crippen LogP contribution in [0, 0.1) is 0 Å². The Kier molecular flexibility index (Phi) is 5.74. The summed E-state index contributed by atoms with van der Waals surface area (Å²) in [5.74, 6) is 0. The van der Waals surface area contributed by atoms with Gasteiger partial charge >= 0.3 is 0 Å². The van der Waals surface area contributed by atoms with Gasteiger partial charge in [0.05, 0.1) is 6.10 Å². The Bertz CT molecular complexity index is 487. The Morgan fingerprint density at radius 3 is 1.95 bits per heavy atom. The van der Waals surface area contributed by atoms with E-state index in [1.54, 1.807) is 0 Å². The molecule has 3 nitrogen and oxygen atoms in total. The van der Waals surface area contributed by atoms with Gasteiger partial charge in [-0.2, -0.15) is 0 Å². The average Bonchev–Trinajstić information content (AvgIpc) is 2.53. The summed E-state index contributed by atoms with van der Waals surface area (Å²) in [5.41, 5.74) is 2.03. The topological polar surface area (TPSA) is 52.5 Å². The van der Waals surface area contributed by atoms with Crippen LogP contribution in [0.5, 0.6) is 0 Å². The van der Waals surface area contributed by atoms with Crippen LogP contribution in [0.4, 0.5) is 0 Å².